The number of hydrogen-bond acceptors (Lipinski definition) is 5. The van der Waals surface area contributed by atoms with Crippen molar-refractivity contribution in [2.75, 3.05) is 19.7 Å². The van der Waals surface area contributed by atoms with Crippen LogP contribution in [0.3, 0.4) is 0 Å². The highest BCUT2D eigenvalue weighted by Crippen LogP contribution is 2.22. The normalized spacial score (nSPS) is 11.5. The van der Waals surface area contributed by atoms with Crippen LogP contribution in [0.2, 0.25) is 5.02 Å². The fourth-order valence-electron chi connectivity index (χ4n) is 3.91. The molecule has 0 spiro atoms. The van der Waals surface area contributed by atoms with Gasteiger partial charge in [0.1, 0.15) is 5.82 Å². The topological polar surface area (TPSA) is 64.4 Å². The number of carbonyl (C=O) groups excluding carboxylic acids is 2. The number of rotatable bonds is 13. The van der Waals surface area contributed by atoms with Crippen molar-refractivity contribution in [3.8, 4) is 0 Å². The van der Waals surface area contributed by atoms with Crippen LogP contribution in [0, 0.1) is 0 Å². The number of likely N-dealkylation sites (N-methyl/N-ethyl adjacent to an activating group) is 1. The Kier molecular flexibility index (Phi) is 10.8. The van der Waals surface area contributed by atoms with E-state index in [1.165, 1.54) is 0 Å². The number of nitrogens with zero attached hydrogens (tertiary/aromatic N) is 3. The maximum absolute atomic E-state index is 13.2. The number of thiophene rings is 1. The van der Waals surface area contributed by atoms with Crippen LogP contribution >= 0.6 is 22.9 Å². The van der Waals surface area contributed by atoms with E-state index in [4.69, 9.17) is 16.3 Å². The Morgan fingerprint density at radius 3 is 2.58 bits per heavy atom. The molecule has 2 aromatic heterocycles. The van der Waals surface area contributed by atoms with Crippen LogP contribution in [0.4, 0.5) is 0 Å². The zero-order valence-electron chi connectivity index (χ0n) is 21.2. The third kappa shape index (κ3) is 7.55. The van der Waals surface area contributed by atoms with Gasteiger partial charge in [-0.05, 0) is 49.4 Å². The molecule has 0 fully saturated rings. The summed E-state index contributed by atoms with van der Waals surface area (Å²) < 4.78 is 7.59. The highest BCUT2D eigenvalue weighted by Gasteiger charge is 2.19. The summed E-state index contributed by atoms with van der Waals surface area (Å²) in [5, 5.41) is 2.67. The number of benzene rings is 1. The number of hydrogen-bond donors (Lipinski definition) is 0. The molecule has 1 amide bonds. The number of esters is 1. The molecule has 0 aliphatic carbocycles. The number of ether oxygens (including phenoxy) is 1. The molecule has 1 aromatic carbocycles. The number of carbonyl (C=O) groups is 2. The zero-order valence-corrected chi connectivity index (χ0v) is 22.8. The Labute approximate surface area is 222 Å². The van der Waals surface area contributed by atoms with Crippen molar-refractivity contribution in [2.45, 2.75) is 53.0 Å². The van der Waals surface area contributed by atoms with Gasteiger partial charge >= 0.3 is 5.97 Å². The van der Waals surface area contributed by atoms with Crippen LogP contribution in [0.1, 0.15) is 55.6 Å². The fourth-order valence-corrected chi connectivity index (χ4v) is 4.83. The molecule has 192 valence electrons. The second-order valence-electron chi connectivity index (χ2n) is 8.45. The van der Waals surface area contributed by atoms with E-state index in [0.29, 0.717) is 36.7 Å². The SMILES string of the molecule is CCCCc1ncc(/C=C(\Cc2cccs2)C(=O)OCC(=O)N(CC)CC)n1Cc1ccccc1Cl. The number of aromatic nitrogens is 2. The van der Waals surface area contributed by atoms with Gasteiger partial charge < -0.3 is 14.2 Å². The van der Waals surface area contributed by atoms with E-state index in [2.05, 4.69) is 16.5 Å². The molecular formula is C28H34ClN3O3S. The predicted octanol–water partition coefficient (Wildman–Crippen LogP) is 6.03. The molecule has 3 aromatic rings. The fraction of sp³-hybridized carbons (Fsp3) is 0.393. The summed E-state index contributed by atoms with van der Waals surface area (Å²) in [6, 6.07) is 11.7. The lowest BCUT2D eigenvalue weighted by Crippen LogP contribution is -2.34. The molecule has 0 unspecified atom stereocenters. The molecule has 0 saturated carbocycles. The van der Waals surface area contributed by atoms with E-state index in [-0.39, 0.29) is 12.5 Å². The highest BCUT2D eigenvalue weighted by molar-refractivity contribution is 7.09. The summed E-state index contributed by atoms with van der Waals surface area (Å²) >= 11 is 8.04. The van der Waals surface area contributed by atoms with Gasteiger partial charge in [-0.3, -0.25) is 4.79 Å². The van der Waals surface area contributed by atoms with E-state index in [1.807, 2.05) is 61.7 Å². The van der Waals surface area contributed by atoms with Crippen molar-refractivity contribution < 1.29 is 14.3 Å². The molecule has 0 radical (unpaired) electrons. The number of amides is 1. The Balaban J connectivity index is 1.93. The van der Waals surface area contributed by atoms with E-state index in [0.717, 1.165) is 41.2 Å². The van der Waals surface area contributed by atoms with E-state index >= 15 is 0 Å². The van der Waals surface area contributed by atoms with Crippen LogP contribution in [0.15, 0.2) is 53.5 Å². The third-order valence-corrected chi connectivity index (χ3v) is 7.23. The summed E-state index contributed by atoms with van der Waals surface area (Å²) in [7, 11) is 0. The van der Waals surface area contributed by atoms with Crippen molar-refractivity contribution in [3.63, 3.8) is 0 Å². The molecule has 3 rings (SSSR count). The average molecular weight is 528 g/mol. The summed E-state index contributed by atoms with van der Waals surface area (Å²) in [6.45, 7) is 7.38. The smallest absolute Gasteiger partial charge is 0.334 e. The first-order chi connectivity index (χ1) is 17.5. The summed E-state index contributed by atoms with van der Waals surface area (Å²) in [6.07, 6.45) is 6.95. The summed E-state index contributed by atoms with van der Waals surface area (Å²) in [4.78, 5) is 32.9. The first-order valence-electron chi connectivity index (χ1n) is 12.4. The highest BCUT2D eigenvalue weighted by atomic mass is 35.5. The lowest BCUT2D eigenvalue weighted by molar-refractivity contribution is -0.148. The number of halogens is 1. The minimum atomic E-state index is -0.496. The molecular weight excluding hydrogens is 494 g/mol. The largest absolute Gasteiger partial charge is 0.452 e. The minimum Gasteiger partial charge on any atom is -0.452 e. The quantitative estimate of drug-likeness (QED) is 0.201. The summed E-state index contributed by atoms with van der Waals surface area (Å²) in [5.74, 6) is 0.252. The van der Waals surface area contributed by atoms with Gasteiger partial charge in [0, 0.05) is 41.4 Å². The van der Waals surface area contributed by atoms with Gasteiger partial charge in [0.25, 0.3) is 5.91 Å². The molecule has 0 aliphatic rings. The van der Waals surface area contributed by atoms with Crippen molar-refractivity contribution in [3.05, 3.63) is 80.5 Å². The molecule has 0 aliphatic heterocycles. The minimum absolute atomic E-state index is 0.200. The van der Waals surface area contributed by atoms with Gasteiger partial charge in [0.15, 0.2) is 6.61 Å². The Hall–Kier alpha value is -2.90. The van der Waals surface area contributed by atoms with Gasteiger partial charge in [0.05, 0.1) is 18.4 Å². The lowest BCUT2D eigenvalue weighted by atomic mass is 10.1. The first kappa shape index (κ1) is 27.7. The standard InChI is InChI=1S/C28H34ClN3O3S/c1-4-7-14-26-30-18-23(32(26)19-21-11-8-9-13-25(21)29)16-22(17-24-12-10-15-36-24)28(34)35-20-27(33)31(5-2)6-3/h8-13,15-16,18H,4-7,14,17,19-20H2,1-3H3/b22-16+. The molecule has 8 heteroatoms. The average Bonchev–Trinajstić information content (AvgIpc) is 3.53. The van der Waals surface area contributed by atoms with E-state index in [1.54, 1.807) is 22.4 Å². The van der Waals surface area contributed by atoms with Crippen molar-refractivity contribution >= 4 is 40.9 Å². The third-order valence-electron chi connectivity index (χ3n) is 5.98. The van der Waals surface area contributed by atoms with Gasteiger partial charge in [-0.2, -0.15) is 0 Å². The van der Waals surface area contributed by atoms with Gasteiger partial charge in [-0.1, -0.05) is 49.2 Å². The van der Waals surface area contributed by atoms with Crippen LogP contribution < -0.4 is 0 Å². The lowest BCUT2D eigenvalue weighted by Gasteiger charge is -2.18. The molecule has 0 bridgehead atoms. The van der Waals surface area contributed by atoms with Gasteiger partial charge in [0.2, 0.25) is 0 Å². The number of imidazole rings is 1. The van der Waals surface area contributed by atoms with Crippen molar-refractivity contribution in [1.29, 1.82) is 0 Å². The zero-order chi connectivity index (χ0) is 25.9. The molecule has 0 saturated heterocycles. The van der Waals surface area contributed by atoms with Crippen LogP contribution in [-0.2, 0) is 33.7 Å². The molecule has 0 atom stereocenters. The Morgan fingerprint density at radius 1 is 1.14 bits per heavy atom. The second kappa shape index (κ2) is 14.0. The first-order valence-corrected chi connectivity index (χ1v) is 13.7. The monoisotopic (exact) mass is 527 g/mol. The van der Waals surface area contributed by atoms with E-state index in [9.17, 15) is 9.59 Å². The van der Waals surface area contributed by atoms with Crippen LogP contribution in [-0.4, -0.2) is 46.0 Å². The summed E-state index contributed by atoms with van der Waals surface area (Å²) in [5.41, 5.74) is 2.27. The van der Waals surface area contributed by atoms with Crippen molar-refractivity contribution in [1.82, 2.24) is 14.5 Å². The molecule has 36 heavy (non-hydrogen) atoms. The predicted molar refractivity (Wildman–Crippen MR) is 146 cm³/mol. The van der Waals surface area contributed by atoms with Crippen LogP contribution in [0.25, 0.3) is 6.08 Å². The molecule has 6 nitrogen and oxygen atoms in total. The number of unbranched alkanes of at least 4 members (excludes halogenated alkanes) is 1. The Morgan fingerprint density at radius 2 is 1.92 bits per heavy atom. The van der Waals surface area contributed by atoms with Crippen LogP contribution in [0.5, 0.6) is 0 Å². The van der Waals surface area contributed by atoms with Gasteiger partial charge in [-0.25, -0.2) is 9.78 Å². The number of aryl methyl sites for hydroxylation is 1. The Bertz CT molecular complexity index is 1170. The van der Waals surface area contributed by atoms with E-state index < -0.39 is 5.97 Å². The molecule has 2 heterocycles. The maximum Gasteiger partial charge on any atom is 0.334 e. The maximum atomic E-state index is 13.2. The van der Waals surface area contributed by atoms with Gasteiger partial charge in [-0.15, -0.1) is 11.3 Å². The van der Waals surface area contributed by atoms with Crippen molar-refractivity contribution in [2.24, 2.45) is 0 Å². The second-order valence-corrected chi connectivity index (χ2v) is 9.89. The molecule has 0 N–H and O–H groups in total.